The van der Waals surface area contributed by atoms with E-state index in [1.807, 2.05) is 18.2 Å². The largest absolute Gasteiger partial charge is 0.470 e. The summed E-state index contributed by atoms with van der Waals surface area (Å²) in [7, 11) is 0. The minimum Gasteiger partial charge on any atom is -0.470 e. The topological polar surface area (TPSA) is 85.8 Å². The van der Waals surface area contributed by atoms with Gasteiger partial charge in [0.2, 0.25) is 5.82 Å². The maximum Gasteiger partial charge on any atom is 0.338 e. The molecule has 1 unspecified atom stereocenters. The van der Waals surface area contributed by atoms with Gasteiger partial charge in [-0.15, -0.1) is 4.37 Å². The maximum atomic E-state index is 12.5. The number of carbonyl (C=O) groups excluding carboxylic acids is 1. The van der Waals surface area contributed by atoms with Crippen molar-refractivity contribution in [3.63, 3.8) is 0 Å². The van der Waals surface area contributed by atoms with E-state index in [9.17, 15) is 4.79 Å². The molecular weight excluding hydrogens is 392 g/mol. The number of morpholine rings is 1. The molecule has 1 aliphatic heterocycles. The van der Waals surface area contributed by atoms with Crippen LogP contribution in [0.4, 0.5) is 5.82 Å². The van der Waals surface area contributed by atoms with E-state index >= 15 is 0 Å². The number of hydrogen-bond donors (Lipinski definition) is 1. The molecule has 1 aromatic heterocycles. The van der Waals surface area contributed by atoms with Gasteiger partial charge in [-0.2, -0.15) is 4.37 Å². The van der Waals surface area contributed by atoms with Crippen molar-refractivity contribution in [2.24, 2.45) is 0 Å². The highest BCUT2D eigenvalue weighted by molar-refractivity contribution is 6.99. The van der Waals surface area contributed by atoms with Crippen LogP contribution in [0.3, 0.4) is 0 Å². The van der Waals surface area contributed by atoms with Crippen LogP contribution in [0.15, 0.2) is 30.3 Å². The molecule has 0 bridgehead atoms. The third-order valence-corrected chi connectivity index (χ3v) is 4.80. The van der Waals surface area contributed by atoms with Crippen molar-refractivity contribution in [3.8, 4) is 5.88 Å². The van der Waals surface area contributed by atoms with Gasteiger partial charge in [0.1, 0.15) is 12.7 Å². The highest BCUT2D eigenvalue weighted by atomic mass is 32.1. The first-order valence-corrected chi connectivity index (χ1v) is 10.4. The summed E-state index contributed by atoms with van der Waals surface area (Å²) in [4.78, 5) is 14.6. The molecule has 1 saturated heterocycles. The molecule has 158 valence electrons. The first kappa shape index (κ1) is 21.5. The number of carbonyl (C=O) groups is 1. The Morgan fingerprint density at radius 2 is 1.97 bits per heavy atom. The summed E-state index contributed by atoms with van der Waals surface area (Å²) in [6.07, 6.45) is -0.471. The van der Waals surface area contributed by atoms with Gasteiger partial charge in [-0.3, -0.25) is 0 Å². The zero-order valence-corrected chi connectivity index (χ0v) is 17.9. The van der Waals surface area contributed by atoms with Crippen LogP contribution in [0, 0.1) is 0 Å². The summed E-state index contributed by atoms with van der Waals surface area (Å²) in [6, 6.07) is 8.95. The molecule has 1 N–H and O–H groups in total. The highest BCUT2D eigenvalue weighted by Gasteiger charge is 2.23. The summed E-state index contributed by atoms with van der Waals surface area (Å²) >= 11 is 1.11. The van der Waals surface area contributed by atoms with Crippen LogP contribution in [0.1, 0.15) is 31.1 Å². The molecule has 2 heterocycles. The zero-order chi connectivity index (χ0) is 20.7. The predicted octanol–water partition coefficient (Wildman–Crippen LogP) is 2.37. The van der Waals surface area contributed by atoms with Crippen LogP contribution in [0.25, 0.3) is 0 Å². The Morgan fingerprint density at radius 3 is 2.66 bits per heavy atom. The highest BCUT2D eigenvalue weighted by Crippen LogP contribution is 2.26. The molecule has 1 fully saturated rings. The molecule has 0 saturated carbocycles. The quantitative estimate of drug-likeness (QED) is 0.652. The van der Waals surface area contributed by atoms with Crippen molar-refractivity contribution in [2.45, 2.75) is 32.4 Å². The summed E-state index contributed by atoms with van der Waals surface area (Å²) < 4.78 is 25.7. The second kappa shape index (κ2) is 10.00. The Morgan fingerprint density at radius 1 is 1.24 bits per heavy atom. The Bertz CT molecular complexity index is 772. The summed E-state index contributed by atoms with van der Waals surface area (Å²) in [5, 5.41) is 3.37. The SMILES string of the molecule is CC(C)(C)NCC(COc1nsnc1N1CCOCC1)OC(=O)c1ccccc1. The second-order valence-electron chi connectivity index (χ2n) is 7.83. The standard InChI is InChI=1S/C20H28N4O4S/c1-20(2,3)21-13-16(28-19(25)15-7-5-4-6-8-15)14-27-18-17(22-29-23-18)24-9-11-26-12-10-24/h4-8,16,21H,9-14H2,1-3H3. The summed E-state index contributed by atoms with van der Waals surface area (Å²) in [5.74, 6) is 0.809. The Balaban J connectivity index is 1.64. The molecule has 2 aromatic rings. The van der Waals surface area contributed by atoms with Crippen molar-refractivity contribution in [2.75, 3.05) is 44.4 Å². The van der Waals surface area contributed by atoms with Crippen molar-refractivity contribution < 1.29 is 19.0 Å². The molecule has 1 aromatic carbocycles. The number of ether oxygens (including phenoxy) is 3. The van der Waals surface area contributed by atoms with E-state index in [1.54, 1.807) is 12.1 Å². The van der Waals surface area contributed by atoms with E-state index in [0.717, 1.165) is 30.6 Å². The number of nitrogens with zero attached hydrogens (tertiary/aromatic N) is 3. The molecule has 29 heavy (non-hydrogen) atoms. The molecule has 8 nitrogen and oxygen atoms in total. The minimum absolute atomic E-state index is 0.113. The summed E-state index contributed by atoms with van der Waals surface area (Å²) in [6.45, 7) is 9.64. The van der Waals surface area contributed by atoms with Gasteiger partial charge < -0.3 is 24.4 Å². The molecule has 0 amide bonds. The molecular formula is C20H28N4O4S. The maximum absolute atomic E-state index is 12.5. The Kier molecular flexibility index (Phi) is 7.40. The van der Waals surface area contributed by atoms with Gasteiger partial charge in [0.25, 0.3) is 5.88 Å². The second-order valence-corrected chi connectivity index (χ2v) is 8.36. The summed E-state index contributed by atoms with van der Waals surface area (Å²) in [5.41, 5.74) is 0.399. The molecule has 3 rings (SSSR count). The van der Waals surface area contributed by atoms with Gasteiger partial charge >= 0.3 is 5.97 Å². The third-order valence-electron chi connectivity index (χ3n) is 4.30. The fourth-order valence-corrected chi connectivity index (χ4v) is 3.28. The number of esters is 1. The van der Waals surface area contributed by atoms with E-state index < -0.39 is 6.10 Å². The smallest absolute Gasteiger partial charge is 0.338 e. The number of anilines is 1. The van der Waals surface area contributed by atoms with E-state index in [4.69, 9.17) is 14.2 Å². The average molecular weight is 421 g/mol. The monoisotopic (exact) mass is 420 g/mol. The first-order valence-electron chi connectivity index (χ1n) is 9.71. The number of nitrogens with one attached hydrogen (secondary N) is 1. The molecule has 0 spiro atoms. The van der Waals surface area contributed by atoms with Crippen LogP contribution < -0.4 is 15.0 Å². The Hall–Kier alpha value is -2.23. The number of hydrogen-bond acceptors (Lipinski definition) is 9. The van der Waals surface area contributed by atoms with Gasteiger partial charge in [0, 0.05) is 25.2 Å². The van der Waals surface area contributed by atoms with E-state index in [1.165, 1.54) is 0 Å². The van der Waals surface area contributed by atoms with Crippen molar-refractivity contribution in [1.82, 2.24) is 14.1 Å². The fraction of sp³-hybridized carbons (Fsp3) is 0.550. The van der Waals surface area contributed by atoms with Gasteiger partial charge in [-0.1, -0.05) is 18.2 Å². The van der Waals surface area contributed by atoms with E-state index in [0.29, 0.717) is 31.2 Å². The zero-order valence-electron chi connectivity index (χ0n) is 17.1. The van der Waals surface area contributed by atoms with E-state index in [2.05, 4.69) is 39.7 Å². The molecule has 1 atom stereocenters. The fourth-order valence-electron chi connectivity index (χ4n) is 2.76. The van der Waals surface area contributed by atoms with Crippen LogP contribution in [0.2, 0.25) is 0 Å². The predicted molar refractivity (Wildman–Crippen MR) is 112 cm³/mol. The van der Waals surface area contributed by atoms with Crippen molar-refractivity contribution >= 4 is 23.5 Å². The average Bonchev–Trinajstić information content (AvgIpc) is 3.19. The lowest BCUT2D eigenvalue weighted by molar-refractivity contribution is 0.0157. The van der Waals surface area contributed by atoms with Crippen LogP contribution >= 0.6 is 11.7 Å². The van der Waals surface area contributed by atoms with Crippen molar-refractivity contribution in [1.29, 1.82) is 0 Å². The molecule has 9 heteroatoms. The normalized spacial score (nSPS) is 15.8. The van der Waals surface area contributed by atoms with Crippen LogP contribution in [-0.2, 0) is 9.47 Å². The number of benzene rings is 1. The Labute approximate surface area is 175 Å². The molecule has 0 aliphatic carbocycles. The van der Waals surface area contributed by atoms with Crippen LogP contribution in [-0.4, -0.2) is 65.8 Å². The van der Waals surface area contributed by atoms with Gasteiger partial charge in [0.15, 0.2) is 0 Å². The van der Waals surface area contributed by atoms with Crippen LogP contribution in [0.5, 0.6) is 5.88 Å². The molecule has 0 radical (unpaired) electrons. The minimum atomic E-state index is -0.471. The lowest BCUT2D eigenvalue weighted by Gasteiger charge is -2.27. The number of rotatable bonds is 8. The lowest BCUT2D eigenvalue weighted by atomic mass is 10.1. The van der Waals surface area contributed by atoms with Gasteiger partial charge in [-0.05, 0) is 32.9 Å². The van der Waals surface area contributed by atoms with Gasteiger partial charge in [-0.25, -0.2) is 4.79 Å². The van der Waals surface area contributed by atoms with E-state index in [-0.39, 0.29) is 18.1 Å². The molecule has 1 aliphatic rings. The lowest BCUT2D eigenvalue weighted by Crippen LogP contribution is -2.44. The van der Waals surface area contributed by atoms with Gasteiger partial charge in [0.05, 0.1) is 30.5 Å². The first-order chi connectivity index (χ1) is 13.9. The third kappa shape index (κ3) is 6.66. The number of aromatic nitrogens is 2. The van der Waals surface area contributed by atoms with Crippen molar-refractivity contribution in [3.05, 3.63) is 35.9 Å².